The number of carbonyl (C=O) groups excluding carboxylic acids is 1. The monoisotopic (exact) mass is 422 g/mol. The van der Waals surface area contributed by atoms with Crippen molar-refractivity contribution in [1.82, 2.24) is 14.9 Å². The van der Waals surface area contributed by atoms with E-state index in [1.165, 1.54) is 0 Å². The molecule has 0 fully saturated rings. The first-order valence-corrected chi connectivity index (χ1v) is 9.68. The largest absolute Gasteiger partial charge is 0.487 e. The normalized spacial score (nSPS) is 10.7. The fourth-order valence-corrected chi connectivity index (χ4v) is 3.16. The topological polar surface area (TPSA) is 82.2 Å². The van der Waals surface area contributed by atoms with Gasteiger partial charge in [0, 0.05) is 18.1 Å². The molecule has 0 unspecified atom stereocenters. The van der Waals surface area contributed by atoms with Gasteiger partial charge in [0.15, 0.2) is 5.69 Å². The van der Waals surface area contributed by atoms with E-state index in [1.54, 1.807) is 25.3 Å². The summed E-state index contributed by atoms with van der Waals surface area (Å²) in [4.78, 5) is 12.8. The van der Waals surface area contributed by atoms with Crippen LogP contribution in [-0.2, 0) is 13.2 Å². The standard InChI is InChI=1S/C22H19ClN4O3/c1-15-18(14-29-20-9-3-2-8-19(20)23)21(26-30-15)22(28)25-17-7-4-6-16(12-17)13-27-11-5-10-24-27/h2-12H,13-14H2,1H3,(H,25,28). The molecule has 0 atom stereocenters. The number of hydrogen-bond donors (Lipinski definition) is 1. The Balaban J connectivity index is 1.47. The van der Waals surface area contributed by atoms with E-state index in [0.717, 1.165) is 5.56 Å². The van der Waals surface area contributed by atoms with Crippen LogP contribution in [0, 0.1) is 6.92 Å². The Labute approximate surface area is 178 Å². The third-order valence-corrected chi connectivity index (χ3v) is 4.81. The summed E-state index contributed by atoms with van der Waals surface area (Å²) in [5, 5.41) is 11.5. The number of nitrogens with zero attached hydrogens (tertiary/aromatic N) is 3. The van der Waals surface area contributed by atoms with E-state index in [2.05, 4.69) is 15.6 Å². The van der Waals surface area contributed by atoms with Crippen molar-refractivity contribution in [3.63, 3.8) is 0 Å². The van der Waals surface area contributed by atoms with E-state index in [0.29, 0.717) is 34.3 Å². The molecule has 1 N–H and O–H groups in total. The lowest BCUT2D eigenvalue weighted by atomic mass is 10.1. The van der Waals surface area contributed by atoms with Crippen molar-refractivity contribution < 1.29 is 14.1 Å². The highest BCUT2D eigenvalue weighted by molar-refractivity contribution is 6.32. The van der Waals surface area contributed by atoms with Crippen LogP contribution in [-0.4, -0.2) is 20.8 Å². The lowest BCUT2D eigenvalue weighted by Crippen LogP contribution is -2.15. The Morgan fingerprint density at radius 3 is 2.87 bits per heavy atom. The second-order valence-corrected chi connectivity index (χ2v) is 7.05. The van der Waals surface area contributed by atoms with Gasteiger partial charge >= 0.3 is 0 Å². The molecule has 0 aliphatic carbocycles. The number of anilines is 1. The second kappa shape index (κ2) is 8.84. The molecule has 2 heterocycles. The number of hydrogen-bond acceptors (Lipinski definition) is 5. The van der Waals surface area contributed by atoms with Crippen molar-refractivity contribution in [3.8, 4) is 5.75 Å². The molecule has 152 valence electrons. The summed E-state index contributed by atoms with van der Waals surface area (Å²) >= 11 is 6.13. The Bertz CT molecular complexity index is 1150. The number of rotatable bonds is 7. The molecule has 0 aliphatic heterocycles. The van der Waals surface area contributed by atoms with Gasteiger partial charge in [-0.3, -0.25) is 9.48 Å². The van der Waals surface area contributed by atoms with Gasteiger partial charge in [0.1, 0.15) is 18.1 Å². The van der Waals surface area contributed by atoms with Crippen LogP contribution in [0.4, 0.5) is 5.69 Å². The van der Waals surface area contributed by atoms with Gasteiger partial charge in [0.05, 0.1) is 17.1 Å². The Kier molecular flexibility index (Phi) is 5.81. The summed E-state index contributed by atoms with van der Waals surface area (Å²) in [5.41, 5.74) is 2.41. The summed E-state index contributed by atoms with van der Waals surface area (Å²) in [7, 11) is 0. The number of para-hydroxylation sites is 1. The Morgan fingerprint density at radius 2 is 2.07 bits per heavy atom. The summed E-state index contributed by atoms with van der Waals surface area (Å²) in [6.07, 6.45) is 3.61. The van der Waals surface area contributed by atoms with Crippen LogP contribution in [0.2, 0.25) is 5.02 Å². The smallest absolute Gasteiger partial charge is 0.278 e. The molecule has 0 saturated carbocycles. The van der Waals surface area contributed by atoms with Crippen LogP contribution in [0.5, 0.6) is 5.75 Å². The Morgan fingerprint density at radius 1 is 1.20 bits per heavy atom. The summed E-state index contributed by atoms with van der Waals surface area (Å²) in [6, 6.07) is 16.6. The van der Waals surface area contributed by atoms with Gasteiger partial charge in [-0.05, 0) is 42.8 Å². The molecule has 2 aromatic carbocycles. The highest BCUT2D eigenvalue weighted by atomic mass is 35.5. The molecule has 8 heteroatoms. The van der Waals surface area contributed by atoms with E-state index in [1.807, 2.05) is 53.3 Å². The van der Waals surface area contributed by atoms with Crippen LogP contribution in [0.3, 0.4) is 0 Å². The summed E-state index contributed by atoms with van der Waals surface area (Å²) in [5.74, 6) is 0.665. The van der Waals surface area contributed by atoms with Crippen molar-refractivity contribution in [1.29, 1.82) is 0 Å². The summed E-state index contributed by atoms with van der Waals surface area (Å²) < 4.78 is 12.8. The number of aryl methyl sites for hydroxylation is 1. The van der Waals surface area contributed by atoms with Crippen molar-refractivity contribution in [2.24, 2.45) is 0 Å². The number of amides is 1. The minimum atomic E-state index is -0.374. The molecule has 0 bridgehead atoms. The predicted octanol–water partition coefficient (Wildman–Crippen LogP) is 4.71. The maximum absolute atomic E-state index is 12.8. The van der Waals surface area contributed by atoms with Crippen LogP contribution in [0.15, 0.2) is 71.5 Å². The van der Waals surface area contributed by atoms with Gasteiger partial charge in [-0.1, -0.05) is 41.0 Å². The average molecular weight is 423 g/mol. The fraction of sp³-hybridized carbons (Fsp3) is 0.136. The van der Waals surface area contributed by atoms with Gasteiger partial charge in [0.2, 0.25) is 0 Å². The van der Waals surface area contributed by atoms with Crippen molar-refractivity contribution >= 4 is 23.2 Å². The lowest BCUT2D eigenvalue weighted by molar-refractivity contribution is 0.101. The van der Waals surface area contributed by atoms with E-state index in [-0.39, 0.29) is 18.2 Å². The van der Waals surface area contributed by atoms with Crippen LogP contribution < -0.4 is 10.1 Å². The van der Waals surface area contributed by atoms with Gasteiger partial charge in [-0.2, -0.15) is 5.10 Å². The third kappa shape index (κ3) is 4.52. The van der Waals surface area contributed by atoms with E-state index < -0.39 is 0 Å². The minimum Gasteiger partial charge on any atom is -0.487 e. The molecule has 1 amide bonds. The molecule has 7 nitrogen and oxygen atoms in total. The number of benzene rings is 2. The predicted molar refractivity (Wildman–Crippen MR) is 113 cm³/mol. The second-order valence-electron chi connectivity index (χ2n) is 6.64. The van der Waals surface area contributed by atoms with Crippen molar-refractivity contribution in [2.45, 2.75) is 20.1 Å². The van der Waals surface area contributed by atoms with Crippen molar-refractivity contribution in [3.05, 3.63) is 94.6 Å². The molecule has 2 aromatic heterocycles. The zero-order valence-corrected chi connectivity index (χ0v) is 17.0. The van der Waals surface area contributed by atoms with Crippen molar-refractivity contribution in [2.75, 3.05) is 5.32 Å². The van der Waals surface area contributed by atoms with Gasteiger partial charge in [-0.15, -0.1) is 0 Å². The minimum absolute atomic E-state index is 0.112. The molecule has 30 heavy (non-hydrogen) atoms. The van der Waals surface area contributed by atoms with Gasteiger partial charge < -0.3 is 14.6 Å². The first kappa shape index (κ1) is 19.7. The van der Waals surface area contributed by atoms with E-state index >= 15 is 0 Å². The first-order chi connectivity index (χ1) is 14.6. The molecular weight excluding hydrogens is 404 g/mol. The van der Waals surface area contributed by atoms with Crippen LogP contribution in [0.1, 0.15) is 27.4 Å². The SMILES string of the molecule is Cc1onc(C(=O)Nc2cccc(Cn3cccn3)c2)c1COc1ccccc1Cl. The maximum Gasteiger partial charge on any atom is 0.278 e. The van der Waals surface area contributed by atoms with Gasteiger partial charge in [-0.25, -0.2) is 0 Å². The highest BCUT2D eigenvalue weighted by Gasteiger charge is 2.21. The average Bonchev–Trinajstić information content (AvgIpc) is 3.37. The molecule has 4 rings (SSSR count). The number of nitrogens with one attached hydrogen (secondary N) is 1. The quantitative estimate of drug-likeness (QED) is 0.466. The third-order valence-electron chi connectivity index (χ3n) is 4.50. The molecule has 0 spiro atoms. The van der Waals surface area contributed by atoms with Gasteiger partial charge in [0.25, 0.3) is 5.91 Å². The molecule has 0 radical (unpaired) electrons. The summed E-state index contributed by atoms with van der Waals surface area (Å²) in [6.45, 7) is 2.46. The molecule has 0 aliphatic rings. The molecule has 0 saturated heterocycles. The number of aromatic nitrogens is 3. The zero-order valence-electron chi connectivity index (χ0n) is 16.2. The first-order valence-electron chi connectivity index (χ1n) is 9.30. The Hall–Kier alpha value is -3.58. The fourth-order valence-electron chi connectivity index (χ4n) is 2.97. The molecule has 4 aromatic rings. The van der Waals surface area contributed by atoms with E-state index in [4.69, 9.17) is 20.9 Å². The van der Waals surface area contributed by atoms with Crippen LogP contribution >= 0.6 is 11.6 Å². The molecular formula is C22H19ClN4O3. The zero-order chi connectivity index (χ0) is 20.9. The maximum atomic E-state index is 12.8. The number of ether oxygens (including phenoxy) is 1. The van der Waals surface area contributed by atoms with Crippen LogP contribution in [0.25, 0.3) is 0 Å². The highest BCUT2D eigenvalue weighted by Crippen LogP contribution is 2.25. The van der Waals surface area contributed by atoms with E-state index in [9.17, 15) is 4.79 Å². The lowest BCUT2D eigenvalue weighted by Gasteiger charge is -2.09. The number of halogens is 1. The number of carbonyl (C=O) groups is 1.